The number of hydrogen-bond acceptors (Lipinski definition) is 7. The number of hydrogen-bond donors (Lipinski definition) is 2. The van der Waals surface area contributed by atoms with Gasteiger partial charge in [0.05, 0.1) is 0 Å². The van der Waals surface area contributed by atoms with Crippen molar-refractivity contribution in [1.29, 1.82) is 0 Å². The van der Waals surface area contributed by atoms with Crippen LogP contribution in [0.2, 0.25) is 0 Å². The number of nitrogens with one attached hydrogen (secondary N) is 2. The molecule has 144 valence electrons. The Morgan fingerprint density at radius 3 is 2.72 bits per heavy atom. The third-order valence-electron chi connectivity index (χ3n) is 3.79. The van der Waals surface area contributed by atoms with Crippen LogP contribution < -0.4 is 15.4 Å². The van der Waals surface area contributed by atoms with Crippen LogP contribution in [0.1, 0.15) is 5.56 Å². The average Bonchev–Trinajstić information content (AvgIpc) is 3.28. The second kappa shape index (κ2) is 8.57. The van der Waals surface area contributed by atoms with Gasteiger partial charge in [0.25, 0.3) is 0 Å². The van der Waals surface area contributed by atoms with Crippen LogP contribution in [-0.2, 0) is 6.54 Å². The first-order valence-corrected chi connectivity index (χ1v) is 8.66. The number of nitrogens with zero attached hydrogens (tertiary/aromatic N) is 6. The Kier molecular flexibility index (Phi) is 5.33. The first-order chi connectivity index (χ1) is 14.3. The van der Waals surface area contributed by atoms with Gasteiger partial charge in [-0.25, -0.2) is 29.4 Å². The van der Waals surface area contributed by atoms with E-state index in [4.69, 9.17) is 4.74 Å². The Bertz CT molecular complexity index is 1090. The Labute approximate surface area is 165 Å². The van der Waals surface area contributed by atoms with Crippen molar-refractivity contribution in [2.75, 3.05) is 5.32 Å². The molecule has 4 rings (SSSR count). The number of anilines is 1. The molecule has 0 aliphatic carbocycles. The van der Waals surface area contributed by atoms with E-state index in [0.717, 1.165) is 5.56 Å². The largest absolute Gasteiger partial charge is 0.424 e. The van der Waals surface area contributed by atoms with Crippen LogP contribution in [-0.4, -0.2) is 35.7 Å². The Morgan fingerprint density at radius 1 is 1.03 bits per heavy atom. The molecule has 0 spiro atoms. The Balaban J connectivity index is 1.38. The predicted molar refractivity (Wildman–Crippen MR) is 104 cm³/mol. The van der Waals surface area contributed by atoms with Gasteiger partial charge in [-0.2, -0.15) is 5.10 Å². The van der Waals surface area contributed by atoms with Crippen molar-refractivity contribution < 1.29 is 9.53 Å². The number of benzene rings is 1. The molecule has 10 nitrogen and oxygen atoms in total. The highest BCUT2D eigenvalue weighted by Crippen LogP contribution is 2.21. The van der Waals surface area contributed by atoms with Gasteiger partial charge in [-0.1, -0.05) is 12.1 Å². The summed E-state index contributed by atoms with van der Waals surface area (Å²) >= 11 is 0. The molecule has 10 heteroatoms. The fourth-order valence-electron chi connectivity index (χ4n) is 2.52. The molecule has 3 heterocycles. The smallest absolute Gasteiger partial charge is 0.321 e. The second-order valence-corrected chi connectivity index (χ2v) is 5.80. The molecule has 1 aromatic carbocycles. The molecular weight excluding hydrogens is 372 g/mol. The summed E-state index contributed by atoms with van der Waals surface area (Å²) in [7, 11) is 0. The van der Waals surface area contributed by atoms with E-state index in [0.29, 0.717) is 17.3 Å². The number of carbonyl (C=O) groups is 1. The summed E-state index contributed by atoms with van der Waals surface area (Å²) < 4.78 is 7.11. The maximum atomic E-state index is 12.3. The lowest BCUT2D eigenvalue weighted by molar-refractivity contribution is 0.251. The van der Waals surface area contributed by atoms with E-state index in [1.807, 2.05) is 6.07 Å². The molecule has 0 bridgehead atoms. The zero-order valence-corrected chi connectivity index (χ0v) is 15.1. The minimum atomic E-state index is -0.369. The van der Waals surface area contributed by atoms with Crippen molar-refractivity contribution in [3.05, 3.63) is 79.3 Å². The van der Waals surface area contributed by atoms with E-state index in [2.05, 4.69) is 35.7 Å². The topological polar surface area (TPSA) is 120 Å². The van der Waals surface area contributed by atoms with Gasteiger partial charge in [-0.3, -0.25) is 0 Å². The van der Waals surface area contributed by atoms with Crippen LogP contribution >= 0.6 is 0 Å². The zero-order chi connectivity index (χ0) is 19.9. The zero-order valence-electron chi connectivity index (χ0n) is 15.1. The lowest BCUT2D eigenvalue weighted by Crippen LogP contribution is -2.28. The third-order valence-corrected chi connectivity index (χ3v) is 3.79. The first kappa shape index (κ1) is 18.0. The summed E-state index contributed by atoms with van der Waals surface area (Å²) in [4.78, 5) is 28.5. The fraction of sp³-hybridized carbons (Fsp3) is 0.0526. The quantitative estimate of drug-likeness (QED) is 0.521. The van der Waals surface area contributed by atoms with Crippen LogP contribution in [0.4, 0.5) is 10.5 Å². The molecule has 4 aromatic rings. The molecule has 0 fully saturated rings. The molecule has 2 amide bonds. The Morgan fingerprint density at radius 2 is 1.90 bits per heavy atom. The van der Waals surface area contributed by atoms with Gasteiger partial charge in [-0.05, 0) is 24.3 Å². The van der Waals surface area contributed by atoms with Crippen LogP contribution in [0.15, 0.2) is 73.7 Å². The van der Waals surface area contributed by atoms with E-state index < -0.39 is 0 Å². The molecule has 0 atom stereocenters. The SMILES string of the molecule is O=C(NCc1cccnc1-n1cncn1)Nc1cccc(Oc2ncccn2)c1. The van der Waals surface area contributed by atoms with Gasteiger partial charge in [0.2, 0.25) is 0 Å². The Hall–Kier alpha value is -4.34. The fourth-order valence-corrected chi connectivity index (χ4v) is 2.52. The molecule has 0 aliphatic rings. The van der Waals surface area contributed by atoms with Gasteiger partial charge in [0.1, 0.15) is 18.4 Å². The molecule has 0 aliphatic heterocycles. The van der Waals surface area contributed by atoms with Crippen molar-refractivity contribution in [2.45, 2.75) is 6.54 Å². The molecule has 3 aromatic heterocycles. The van der Waals surface area contributed by atoms with Crippen LogP contribution in [0, 0.1) is 0 Å². The van der Waals surface area contributed by atoms with Gasteiger partial charge < -0.3 is 15.4 Å². The van der Waals surface area contributed by atoms with Gasteiger partial charge >= 0.3 is 12.0 Å². The average molecular weight is 388 g/mol. The minimum absolute atomic E-state index is 0.228. The molecule has 0 unspecified atom stereocenters. The van der Waals surface area contributed by atoms with Crippen LogP contribution in [0.5, 0.6) is 11.8 Å². The number of amides is 2. The predicted octanol–water partition coefficient (Wildman–Crippen LogP) is 2.57. The highest BCUT2D eigenvalue weighted by Gasteiger charge is 2.09. The first-order valence-electron chi connectivity index (χ1n) is 8.66. The number of carbonyl (C=O) groups excluding carboxylic acids is 1. The van der Waals surface area contributed by atoms with Crippen molar-refractivity contribution in [1.82, 2.24) is 35.0 Å². The van der Waals surface area contributed by atoms with Gasteiger partial charge in [0, 0.05) is 42.5 Å². The van der Waals surface area contributed by atoms with Gasteiger partial charge in [0.15, 0.2) is 5.82 Å². The second-order valence-electron chi connectivity index (χ2n) is 5.80. The highest BCUT2D eigenvalue weighted by molar-refractivity contribution is 5.89. The lowest BCUT2D eigenvalue weighted by atomic mass is 10.2. The van der Waals surface area contributed by atoms with Crippen molar-refractivity contribution in [3.63, 3.8) is 0 Å². The molecule has 0 radical (unpaired) electrons. The van der Waals surface area contributed by atoms with Crippen molar-refractivity contribution in [3.8, 4) is 17.6 Å². The van der Waals surface area contributed by atoms with Crippen molar-refractivity contribution in [2.24, 2.45) is 0 Å². The normalized spacial score (nSPS) is 10.3. The summed E-state index contributed by atoms with van der Waals surface area (Å²) in [6.07, 6.45) is 7.80. The summed E-state index contributed by atoms with van der Waals surface area (Å²) in [5, 5.41) is 9.65. The van der Waals surface area contributed by atoms with E-state index in [1.165, 1.54) is 6.33 Å². The maximum Gasteiger partial charge on any atom is 0.321 e. The van der Waals surface area contributed by atoms with E-state index in [9.17, 15) is 4.79 Å². The molecular formula is C19H16N8O2. The molecule has 2 N–H and O–H groups in total. The van der Waals surface area contributed by atoms with Gasteiger partial charge in [-0.15, -0.1) is 0 Å². The van der Waals surface area contributed by atoms with Crippen molar-refractivity contribution >= 4 is 11.7 Å². The molecule has 0 saturated carbocycles. The summed E-state index contributed by atoms with van der Waals surface area (Å²) in [6, 6.07) is 12.2. The monoisotopic (exact) mass is 388 g/mol. The highest BCUT2D eigenvalue weighted by atomic mass is 16.5. The number of ether oxygens (including phenoxy) is 1. The van der Waals surface area contributed by atoms with Crippen LogP contribution in [0.25, 0.3) is 5.82 Å². The summed E-state index contributed by atoms with van der Waals surface area (Å²) in [5.41, 5.74) is 1.37. The number of urea groups is 1. The molecule has 0 saturated heterocycles. The van der Waals surface area contributed by atoms with E-state index >= 15 is 0 Å². The number of aromatic nitrogens is 6. The third kappa shape index (κ3) is 4.69. The standard InChI is InChI=1S/C19H16N8O2/c28-18(24-11-14-4-2-7-21-17(14)27-13-20-12-25-27)26-15-5-1-6-16(10-15)29-19-22-8-3-9-23-19/h1-10,12-13H,11H2,(H2,24,26,28). The summed E-state index contributed by atoms with van der Waals surface area (Å²) in [5.74, 6) is 1.11. The van der Waals surface area contributed by atoms with Crippen LogP contribution in [0.3, 0.4) is 0 Å². The molecule has 29 heavy (non-hydrogen) atoms. The number of pyridine rings is 1. The lowest BCUT2D eigenvalue weighted by Gasteiger charge is -2.11. The van der Waals surface area contributed by atoms with E-state index in [-0.39, 0.29) is 18.6 Å². The minimum Gasteiger partial charge on any atom is -0.424 e. The number of rotatable bonds is 6. The summed E-state index contributed by atoms with van der Waals surface area (Å²) in [6.45, 7) is 0.267. The maximum absolute atomic E-state index is 12.3. The van der Waals surface area contributed by atoms with E-state index in [1.54, 1.807) is 66.0 Å².